The van der Waals surface area contributed by atoms with Crippen LogP contribution in [-0.4, -0.2) is 4.98 Å². The van der Waals surface area contributed by atoms with Crippen molar-refractivity contribution in [1.29, 1.82) is 0 Å². The van der Waals surface area contributed by atoms with E-state index in [1.54, 1.807) is 6.20 Å². The van der Waals surface area contributed by atoms with E-state index < -0.39 is 0 Å². The molecule has 0 bridgehead atoms. The highest BCUT2D eigenvalue weighted by molar-refractivity contribution is 9.10. The quantitative estimate of drug-likeness (QED) is 0.912. The maximum absolute atomic E-state index is 5.66. The summed E-state index contributed by atoms with van der Waals surface area (Å²) in [5, 5.41) is 3.29. The molecule has 0 amide bonds. The summed E-state index contributed by atoms with van der Waals surface area (Å²) in [5.41, 5.74) is 8.62. The number of rotatable bonds is 3. The first-order valence-corrected chi connectivity index (χ1v) is 6.15. The van der Waals surface area contributed by atoms with Crippen LogP contribution in [0.1, 0.15) is 11.1 Å². The molecule has 1 aromatic carbocycles. The normalized spacial score (nSPS) is 10.2. The molecule has 0 radical (unpaired) electrons. The van der Waals surface area contributed by atoms with Crippen LogP contribution in [0.25, 0.3) is 0 Å². The third-order valence-electron chi connectivity index (χ3n) is 2.47. The molecule has 0 aliphatic rings. The second kappa shape index (κ2) is 5.19. The van der Waals surface area contributed by atoms with Gasteiger partial charge in [0.1, 0.15) is 5.82 Å². The second-order valence-corrected chi connectivity index (χ2v) is 4.83. The Morgan fingerprint density at radius 3 is 2.65 bits per heavy atom. The number of nitrogens with one attached hydrogen (secondary N) is 1. The van der Waals surface area contributed by atoms with Gasteiger partial charge in [-0.3, -0.25) is 0 Å². The van der Waals surface area contributed by atoms with Gasteiger partial charge in [-0.1, -0.05) is 28.1 Å². The van der Waals surface area contributed by atoms with Crippen molar-refractivity contribution in [3.63, 3.8) is 0 Å². The van der Waals surface area contributed by atoms with Crippen LogP contribution in [0, 0.1) is 6.92 Å². The van der Waals surface area contributed by atoms with Crippen molar-refractivity contribution >= 4 is 27.4 Å². The van der Waals surface area contributed by atoms with E-state index >= 15 is 0 Å². The van der Waals surface area contributed by atoms with Crippen molar-refractivity contribution in [2.45, 2.75) is 13.5 Å². The molecule has 88 valence electrons. The lowest BCUT2D eigenvalue weighted by Crippen LogP contribution is -2.03. The number of halogens is 1. The van der Waals surface area contributed by atoms with Crippen LogP contribution in [0.15, 0.2) is 41.0 Å². The number of benzene rings is 1. The van der Waals surface area contributed by atoms with E-state index in [2.05, 4.69) is 38.4 Å². The SMILES string of the molecule is Cc1cc(N)cnc1NCc1ccc(Br)cc1. The number of pyridine rings is 1. The number of nitrogen functional groups attached to an aromatic ring is 1. The van der Waals surface area contributed by atoms with E-state index in [-0.39, 0.29) is 0 Å². The van der Waals surface area contributed by atoms with Gasteiger partial charge in [0.05, 0.1) is 11.9 Å². The molecule has 4 heteroatoms. The molecule has 0 atom stereocenters. The van der Waals surface area contributed by atoms with Crippen LogP contribution >= 0.6 is 15.9 Å². The number of anilines is 2. The molecule has 1 heterocycles. The number of aryl methyl sites for hydroxylation is 1. The lowest BCUT2D eigenvalue weighted by molar-refractivity contribution is 1.10. The number of aromatic nitrogens is 1. The first kappa shape index (κ1) is 11.9. The Kier molecular flexibility index (Phi) is 3.64. The molecular weight excluding hydrogens is 278 g/mol. The van der Waals surface area contributed by atoms with Crippen LogP contribution in [0.5, 0.6) is 0 Å². The predicted octanol–water partition coefficient (Wildman–Crippen LogP) is 3.35. The highest BCUT2D eigenvalue weighted by Gasteiger charge is 2.00. The Morgan fingerprint density at radius 1 is 1.29 bits per heavy atom. The lowest BCUT2D eigenvalue weighted by atomic mass is 10.2. The van der Waals surface area contributed by atoms with E-state index in [1.807, 2.05) is 25.1 Å². The summed E-state index contributed by atoms with van der Waals surface area (Å²) in [6, 6.07) is 10.1. The van der Waals surface area contributed by atoms with Gasteiger partial charge in [0, 0.05) is 11.0 Å². The van der Waals surface area contributed by atoms with Gasteiger partial charge in [0.25, 0.3) is 0 Å². The van der Waals surface area contributed by atoms with E-state index in [1.165, 1.54) is 5.56 Å². The maximum atomic E-state index is 5.66. The smallest absolute Gasteiger partial charge is 0.129 e. The molecule has 3 nitrogen and oxygen atoms in total. The number of nitrogens with two attached hydrogens (primary N) is 1. The Hall–Kier alpha value is -1.55. The fraction of sp³-hybridized carbons (Fsp3) is 0.154. The average molecular weight is 292 g/mol. The molecule has 1 aromatic heterocycles. The highest BCUT2D eigenvalue weighted by Crippen LogP contribution is 2.16. The lowest BCUT2D eigenvalue weighted by Gasteiger charge is -2.09. The van der Waals surface area contributed by atoms with Gasteiger partial charge < -0.3 is 11.1 Å². The number of hydrogen-bond donors (Lipinski definition) is 2. The summed E-state index contributed by atoms with van der Waals surface area (Å²) in [6.07, 6.45) is 1.66. The van der Waals surface area contributed by atoms with Crippen molar-refractivity contribution in [1.82, 2.24) is 4.98 Å². The van der Waals surface area contributed by atoms with Gasteiger partial charge in [-0.25, -0.2) is 4.98 Å². The minimum Gasteiger partial charge on any atom is -0.397 e. The molecule has 0 fully saturated rings. The Morgan fingerprint density at radius 2 is 2.00 bits per heavy atom. The van der Waals surface area contributed by atoms with Crippen molar-refractivity contribution in [3.05, 3.63) is 52.1 Å². The summed E-state index contributed by atoms with van der Waals surface area (Å²) < 4.78 is 1.09. The van der Waals surface area contributed by atoms with Crippen molar-refractivity contribution in [2.75, 3.05) is 11.1 Å². The molecule has 0 aliphatic carbocycles. The Bertz CT molecular complexity index is 509. The zero-order chi connectivity index (χ0) is 12.3. The first-order chi connectivity index (χ1) is 8.15. The predicted molar refractivity (Wildman–Crippen MR) is 74.9 cm³/mol. The van der Waals surface area contributed by atoms with E-state index in [0.29, 0.717) is 5.69 Å². The standard InChI is InChI=1S/C13H14BrN3/c1-9-6-12(15)8-17-13(9)16-7-10-2-4-11(14)5-3-10/h2-6,8H,7,15H2,1H3,(H,16,17). The van der Waals surface area contributed by atoms with Crippen LogP contribution in [0.2, 0.25) is 0 Å². The van der Waals surface area contributed by atoms with Crippen LogP contribution in [0.3, 0.4) is 0 Å². The average Bonchev–Trinajstić information content (AvgIpc) is 2.30. The summed E-state index contributed by atoms with van der Waals surface area (Å²) in [5.74, 6) is 0.877. The molecular formula is C13H14BrN3. The zero-order valence-electron chi connectivity index (χ0n) is 9.57. The highest BCUT2D eigenvalue weighted by atomic mass is 79.9. The largest absolute Gasteiger partial charge is 0.397 e. The fourth-order valence-electron chi connectivity index (χ4n) is 1.57. The van der Waals surface area contributed by atoms with Crippen molar-refractivity contribution in [2.24, 2.45) is 0 Å². The van der Waals surface area contributed by atoms with E-state index in [0.717, 1.165) is 22.4 Å². The van der Waals surface area contributed by atoms with Crippen molar-refractivity contribution in [3.8, 4) is 0 Å². The monoisotopic (exact) mass is 291 g/mol. The fourth-order valence-corrected chi connectivity index (χ4v) is 1.83. The number of hydrogen-bond acceptors (Lipinski definition) is 3. The molecule has 0 saturated carbocycles. The van der Waals surface area contributed by atoms with Gasteiger partial charge in [-0.05, 0) is 36.2 Å². The van der Waals surface area contributed by atoms with Crippen LogP contribution in [0.4, 0.5) is 11.5 Å². The summed E-state index contributed by atoms with van der Waals surface area (Å²) in [4.78, 5) is 4.27. The molecule has 0 aliphatic heterocycles. The van der Waals surface area contributed by atoms with Gasteiger partial charge in [-0.2, -0.15) is 0 Å². The molecule has 2 aromatic rings. The van der Waals surface area contributed by atoms with Gasteiger partial charge in [0.15, 0.2) is 0 Å². The third kappa shape index (κ3) is 3.20. The zero-order valence-corrected chi connectivity index (χ0v) is 11.2. The second-order valence-electron chi connectivity index (χ2n) is 3.91. The summed E-state index contributed by atoms with van der Waals surface area (Å²) in [7, 11) is 0. The van der Waals surface area contributed by atoms with Gasteiger partial charge in [0.2, 0.25) is 0 Å². The molecule has 3 N–H and O–H groups in total. The summed E-state index contributed by atoms with van der Waals surface area (Å²) >= 11 is 3.41. The molecule has 17 heavy (non-hydrogen) atoms. The maximum Gasteiger partial charge on any atom is 0.129 e. The third-order valence-corrected chi connectivity index (χ3v) is 3.00. The molecule has 2 rings (SSSR count). The first-order valence-electron chi connectivity index (χ1n) is 5.35. The molecule has 0 saturated heterocycles. The summed E-state index contributed by atoms with van der Waals surface area (Å²) in [6.45, 7) is 2.75. The van der Waals surface area contributed by atoms with Crippen molar-refractivity contribution < 1.29 is 0 Å². The molecule has 0 spiro atoms. The number of nitrogens with zero attached hydrogens (tertiary/aromatic N) is 1. The van der Waals surface area contributed by atoms with E-state index in [9.17, 15) is 0 Å². The minimum absolute atomic E-state index is 0.691. The van der Waals surface area contributed by atoms with Crippen LogP contribution < -0.4 is 11.1 Å². The van der Waals surface area contributed by atoms with Gasteiger partial charge in [-0.15, -0.1) is 0 Å². The van der Waals surface area contributed by atoms with E-state index in [4.69, 9.17) is 5.73 Å². The van der Waals surface area contributed by atoms with Crippen LogP contribution in [-0.2, 0) is 6.54 Å². The Balaban J connectivity index is 2.04. The Labute approximate surface area is 109 Å². The molecule has 0 unspecified atom stereocenters. The topological polar surface area (TPSA) is 50.9 Å². The van der Waals surface area contributed by atoms with Gasteiger partial charge >= 0.3 is 0 Å². The minimum atomic E-state index is 0.691.